The minimum absolute atomic E-state index is 0.126. The molecule has 2 N–H and O–H groups in total. The van der Waals surface area contributed by atoms with Crippen LogP contribution in [-0.4, -0.2) is 16.7 Å². The number of primary amides is 1. The maximum absolute atomic E-state index is 11.2. The Labute approximate surface area is 143 Å². The number of amides is 1. The maximum atomic E-state index is 11.2. The maximum Gasteiger partial charge on any atom is 0.237 e. The number of nitrogens with zero attached hydrogens (tertiary/aromatic N) is 2. The Morgan fingerprint density at radius 3 is 2.70 bits per heavy atom. The Bertz CT molecular complexity index is 915. The molecule has 6 heteroatoms. The van der Waals surface area contributed by atoms with Crippen molar-refractivity contribution in [1.29, 1.82) is 0 Å². The standard InChI is InChI=1S/C17H13Cl2N3O/c18-14-6-5-12(7-15(14)19)21-8-11-9-22(10-17(20)23)16-4-2-1-3-13(11)16/h1-9H,10H2,(H2,20,23). The van der Waals surface area contributed by atoms with E-state index >= 15 is 0 Å². The van der Waals surface area contributed by atoms with E-state index in [1.807, 2.05) is 35.0 Å². The molecule has 0 aliphatic rings. The summed E-state index contributed by atoms with van der Waals surface area (Å²) in [5.41, 5.74) is 7.83. The third-order valence-electron chi connectivity index (χ3n) is 3.40. The quantitative estimate of drug-likeness (QED) is 0.708. The first kappa shape index (κ1) is 15.6. The van der Waals surface area contributed by atoms with Crippen molar-refractivity contribution in [2.45, 2.75) is 6.54 Å². The Morgan fingerprint density at radius 1 is 1.17 bits per heavy atom. The number of halogens is 2. The first-order valence-corrected chi connectivity index (χ1v) is 7.65. The fraction of sp³-hybridized carbons (Fsp3) is 0.0588. The first-order chi connectivity index (χ1) is 11.0. The molecular formula is C17H13Cl2N3O. The van der Waals surface area contributed by atoms with Gasteiger partial charge in [-0.1, -0.05) is 41.4 Å². The molecule has 0 saturated carbocycles. The number of hydrogen-bond acceptors (Lipinski definition) is 2. The van der Waals surface area contributed by atoms with Crippen LogP contribution in [0, 0.1) is 0 Å². The third-order valence-corrected chi connectivity index (χ3v) is 4.14. The highest BCUT2D eigenvalue weighted by Crippen LogP contribution is 2.27. The van der Waals surface area contributed by atoms with Crippen molar-refractivity contribution >= 4 is 51.9 Å². The molecule has 0 atom stereocenters. The zero-order valence-electron chi connectivity index (χ0n) is 12.0. The first-order valence-electron chi connectivity index (χ1n) is 6.90. The topological polar surface area (TPSA) is 60.4 Å². The summed E-state index contributed by atoms with van der Waals surface area (Å²) in [6.07, 6.45) is 3.59. The zero-order valence-corrected chi connectivity index (χ0v) is 13.6. The van der Waals surface area contributed by atoms with Crippen LogP contribution in [0.4, 0.5) is 5.69 Å². The van der Waals surface area contributed by atoms with Gasteiger partial charge in [-0.25, -0.2) is 0 Å². The molecule has 0 aliphatic carbocycles. The Morgan fingerprint density at radius 2 is 1.96 bits per heavy atom. The lowest BCUT2D eigenvalue weighted by Gasteiger charge is -2.00. The highest BCUT2D eigenvalue weighted by atomic mass is 35.5. The molecular weight excluding hydrogens is 333 g/mol. The molecule has 0 bridgehead atoms. The predicted octanol–water partition coefficient (Wildman–Crippen LogP) is 4.18. The molecule has 2 aromatic carbocycles. The minimum atomic E-state index is -0.390. The monoisotopic (exact) mass is 345 g/mol. The molecule has 0 spiro atoms. The summed E-state index contributed by atoms with van der Waals surface area (Å²) >= 11 is 11.9. The van der Waals surface area contributed by atoms with Gasteiger partial charge in [0.15, 0.2) is 0 Å². The minimum Gasteiger partial charge on any atom is -0.368 e. The van der Waals surface area contributed by atoms with Crippen molar-refractivity contribution in [3.05, 3.63) is 64.3 Å². The second kappa shape index (κ2) is 6.44. The number of carbonyl (C=O) groups excluding carboxylic acids is 1. The molecule has 0 unspecified atom stereocenters. The molecule has 116 valence electrons. The van der Waals surface area contributed by atoms with Gasteiger partial charge in [0.25, 0.3) is 0 Å². The van der Waals surface area contributed by atoms with Crippen LogP contribution in [0.5, 0.6) is 0 Å². The summed E-state index contributed by atoms with van der Waals surface area (Å²) in [7, 11) is 0. The molecule has 4 nitrogen and oxygen atoms in total. The molecule has 0 fully saturated rings. The lowest BCUT2D eigenvalue weighted by Crippen LogP contribution is -2.17. The van der Waals surface area contributed by atoms with Gasteiger partial charge in [-0.2, -0.15) is 0 Å². The van der Waals surface area contributed by atoms with E-state index in [-0.39, 0.29) is 6.54 Å². The SMILES string of the molecule is NC(=O)Cn1cc(C=Nc2ccc(Cl)c(Cl)c2)c2ccccc21. The predicted molar refractivity (Wildman–Crippen MR) is 94.8 cm³/mol. The molecule has 1 amide bonds. The summed E-state index contributed by atoms with van der Waals surface area (Å²) < 4.78 is 1.81. The van der Waals surface area contributed by atoms with Crippen molar-refractivity contribution in [2.75, 3.05) is 0 Å². The van der Waals surface area contributed by atoms with E-state index in [9.17, 15) is 4.79 Å². The summed E-state index contributed by atoms with van der Waals surface area (Å²) in [6.45, 7) is 0.126. The molecule has 0 saturated heterocycles. The van der Waals surface area contributed by atoms with E-state index in [0.29, 0.717) is 15.7 Å². The number of carbonyl (C=O) groups is 1. The van der Waals surface area contributed by atoms with Crippen LogP contribution in [0.3, 0.4) is 0 Å². The largest absolute Gasteiger partial charge is 0.368 e. The molecule has 0 radical (unpaired) electrons. The second-order valence-corrected chi connectivity index (χ2v) is 5.87. The summed E-state index contributed by atoms with van der Waals surface area (Å²) in [6, 6.07) is 13.0. The number of benzene rings is 2. The van der Waals surface area contributed by atoms with Gasteiger partial charge in [-0.3, -0.25) is 9.79 Å². The fourth-order valence-electron chi connectivity index (χ4n) is 2.39. The van der Waals surface area contributed by atoms with Crippen molar-refractivity contribution in [3.63, 3.8) is 0 Å². The number of para-hydroxylation sites is 1. The van der Waals surface area contributed by atoms with Crippen molar-refractivity contribution in [2.24, 2.45) is 10.7 Å². The van der Waals surface area contributed by atoms with Gasteiger partial charge in [-0.05, 0) is 24.3 Å². The van der Waals surface area contributed by atoms with Crippen LogP contribution in [0.15, 0.2) is 53.7 Å². The van der Waals surface area contributed by atoms with E-state index in [4.69, 9.17) is 28.9 Å². The molecule has 1 aromatic heterocycles. The number of nitrogens with two attached hydrogens (primary N) is 1. The summed E-state index contributed by atoms with van der Waals surface area (Å²) in [4.78, 5) is 15.6. The van der Waals surface area contributed by atoms with Crippen molar-refractivity contribution < 1.29 is 4.79 Å². The highest BCUT2D eigenvalue weighted by molar-refractivity contribution is 6.42. The average molecular weight is 346 g/mol. The van der Waals surface area contributed by atoms with Gasteiger partial charge in [-0.15, -0.1) is 0 Å². The van der Waals surface area contributed by atoms with Gasteiger partial charge >= 0.3 is 0 Å². The van der Waals surface area contributed by atoms with Gasteiger partial charge < -0.3 is 10.3 Å². The van der Waals surface area contributed by atoms with Crippen LogP contribution in [0.2, 0.25) is 10.0 Å². The molecule has 3 aromatic rings. The second-order valence-electron chi connectivity index (χ2n) is 5.05. The number of aromatic nitrogens is 1. The number of fused-ring (bicyclic) bond motifs is 1. The van der Waals surface area contributed by atoms with Crippen LogP contribution < -0.4 is 5.73 Å². The molecule has 1 heterocycles. The fourth-order valence-corrected chi connectivity index (χ4v) is 2.68. The number of rotatable bonds is 4. The van der Waals surface area contributed by atoms with E-state index in [0.717, 1.165) is 16.5 Å². The average Bonchev–Trinajstić information content (AvgIpc) is 2.86. The van der Waals surface area contributed by atoms with Gasteiger partial charge in [0, 0.05) is 28.9 Å². The van der Waals surface area contributed by atoms with Crippen LogP contribution in [0.25, 0.3) is 10.9 Å². The van der Waals surface area contributed by atoms with Crippen LogP contribution in [0.1, 0.15) is 5.56 Å². The van der Waals surface area contributed by atoms with Gasteiger partial charge in [0.2, 0.25) is 5.91 Å². The lowest BCUT2D eigenvalue weighted by atomic mass is 10.2. The Balaban J connectivity index is 2.00. The van der Waals surface area contributed by atoms with E-state index in [2.05, 4.69) is 4.99 Å². The van der Waals surface area contributed by atoms with Crippen molar-refractivity contribution in [1.82, 2.24) is 4.57 Å². The van der Waals surface area contributed by atoms with Crippen molar-refractivity contribution in [3.8, 4) is 0 Å². The smallest absolute Gasteiger partial charge is 0.237 e. The summed E-state index contributed by atoms with van der Waals surface area (Å²) in [5.74, 6) is -0.390. The number of aliphatic imine (C=N–C) groups is 1. The highest BCUT2D eigenvalue weighted by Gasteiger charge is 2.08. The molecule has 3 rings (SSSR count). The Hall–Kier alpha value is -2.30. The Kier molecular flexibility index (Phi) is 4.37. The van der Waals surface area contributed by atoms with E-state index in [1.54, 1.807) is 24.4 Å². The normalized spacial score (nSPS) is 11.4. The van der Waals surface area contributed by atoms with E-state index in [1.165, 1.54) is 0 Å². The van der Waals surface area contributed by atoms with Crippen LogP contribution in [-0.2, 0) is 11.3 Å². The van der Waals surface area contributed by atoms with E-state index < -0.39 is 5.91 Å². The summed E-state index contributed by atoms with van der Waals surface area (Å²) in [5, 5.41) is 1.94. The third kappa shape index (κ3) is 3.38. The van der Waals surface area contributed by atoms with Crippen LogP contribution >= 0.6 is 23.2 Å². The zero-order chi connectivity index (χ0) is 16.4. The van der Waals surface area contributed by atoms with Gasteiger partial charge in [0.05, 0.1) is 15.7 Å². The van der Waals surface area contributed by atoms with Gasteiger partial charge in [0.1, 0.15) is 6.54 Å². The molecule has 23 heavy (non-hydrogen) atoms. The molecule has 0 aliphatic heterocycles. The lowest BCUT2D eigenvalue weighted by molar-refractivity contribution is -0.118. The number of hydrogen-bond donors (Lipinski definition) is 1.